The molecule has 2 aliphatic rings. The van der Waals surface area contributed by atoms with Gasteiger partial charge in [-0.25, -0.2) is 0 Å². The first kappa shape index (κ1) is 11.7. The third-order valence-electron chi connectivity index (χ3n) is 3.98. The number of hydrogen-bond acceptors (Lipinski definition) is 4. The van der Waals surface area contributed by atoms with E-state index in [0.717, 1.165) is 18.7 Å². The molecule has 0 bridgehead atoms. The molecule has 3 rings (SSSR count). The summed E-state index contributed by atoms with van der Waals surface area (Å²) in [7, 11) is 0. The molecule has 1 aromatic rings. The summed E-state index contributed by atoms with van der Waals surface area (Å²) in [5, 5.41) is 18.2. The Labute approximate surface area is 110 Å². The maximum atomic E-state index is 11.0. The van der Waals surface area contributed by atoms with Gasteiger partial charge in [0, 0.05) is 30.2 Å². The van der Waals surface area contributed by atoms with E-state index in [4.69, 9.17) is 11.6 Å². The summed E-state index contributed by atoms with van der Waals surface area (Å²) in [6.45, 7) is 3.81. The molecule has 0 amide bonds. The molecule has 1 aliphatic carbocycles. The van der Waals surface area contributed by atoms with Crippen molar-refractivity contribution >= 4 is 23.0 Å². The number of nitro benzene ring substituents is 1. The van der Waals surface area contributed by atoms with Crippen molar-refractivity contribution in [2.24, 2.45) is 11.8 Å². The summed E-state index contributed by atoms with van der Waals surface area (Å²) in [5.41, 5.74) is 1.44. The highest BCUT2D eigenvalue weighted by Gasteiger charge is 2.53. The smallest absolute Gasteiger partial charge is 0.292 e. The number of rotatable bonds is 3. The summed E-state index contributed by atoms with van der Waals surface area (Å²) >= 11 is 6.04. The van der Waals surface area contributed by atoms with Crippen LogP contribution in [0.2, 0.25) is 5.02 Å². The largest absolute Gasteiger partial charge is 0.376 e. The van der Waals surface area contributed by atoms with Crippen LogP contribution in [0.15, 0.2) is 12.1 Å². The normalized spacial score (nSPS) is 28.9. The molecule has 1 saturated heterocycles. The van der Waals surface area contributed by atoms with Crippen LogP contribution >= 0.6 is 11.6 Å². The van der Waals surface area contributed by atoms with Gasteiger partial charge in [0.25, 0.3) is 5.69 Å². The number of fused-ring (bicyclic) bond motifs is 1. The second kappa shape index (κ2) is 4.10. The summed E-state index contributed by atoms with van der Waals surface area (Å²) in [6.07, 6.45) is 0. The van der Waals surface area contributed by atoms with Gasteiger partial charge in [0.1, 0.15) is 5.69 Å². The quantitative estimate of drug-likeness (QED) is 0.651. The number of anilines is 1. The first-order valence-corrected chi connectivity index (χ1v) is 6.38. The first-order valence-electron chi connectivity index (χ1n) is 6.00. The topological polar surface area (TPSA) is 67.2 Å². The van der Waals surface area contributed by atoms with E-state index in [1.54, 1.807) is 6.07 Å². The Balaban J connectivity index is 1.90. The first-order chi connectivity index (χ1) is 8.59. The van der Waals surface area contributed by atoms with Crippen molar-refractivity contribution in [3.8, 4) is 0 Å². The molecule has 1 aromatic carbocycles. The fourth-order valence-corrected chi connectivity index (χ4v) is 2.96. The van der Waals surface area contributed by atoms with Gasteiger partial charge in [-0.05, 0) is 30.4 Å². The van der Waals surface area contributed by atoms with Gasteiger partial charge in [-0.15, -0.1) is 0 Å². The average Bonchev–Trinajstić information content (AvgIpc) is 2.76. The van der Waals surface area contributed by atoms with Crippen LogP contribution in [0.1, 0.15) is 5.56 Å². The minimum atomic E-state index is -0.359. The van der Waals surface area contributed by atoms with Gasteiger partial charge in [-0.3, -0.25) is 10.1 Å². The number of benzene rings is 1. The van der Waals surface area contributed by atoms with E-state index in [1.807, 2.05) is 6.92 Å². The monoisotopic (exact) mass is 267 g/mol. The maximum Gasteiger partial charge on any atom is 0.292 e. The van der Waals surface area contributed by atoms with Gasteiger partial charge in [-0.1, -0.05) is 11.6 Å². The molecule has 2 N–H and O–H groups in total. The molecule has 1 saturated carbocycles. The van der Waals surface area contributed by atoms with Gasteiger partial charge in [0.2, 0.25) is 0 Å². The number of nitro groups is 1. The van der Waals surface area contributed by atoms with Gasteiger partial charge < -0.3 is 10.6 Å². The van der Waals surface area contributed by atoms with Crippen molar-refractivity contribution in [3.05, 3.63) is 32.8 Å². The fraction of sp³-hybridized carbons (Fsp3) is 0.500. The highest BCUT2D eigenvalue weighted by Crippen LogP contribution is 2.46. The van der Waals surface area contributed by atoms with E-state index < -0.39 is 0 Å². The molecule has 1 heterocycles. The average molecular weight is 268 g/mol. The number of piperidine rings is 1. The summed E-state index contributed by atoms with van der Waals surface area (Å²) < 4.78 is 0. The highest BCUT2D eigenvalue weighted by molar-refractivity contribution is 6.31. The van der Waals surface area contributed by atoms with Crippen LogP contribution in [0.5, 0.6) is 0 Å². The fourth-order valence-electron chi connectivity index (χ4n) is 2.81. The highest BCUT2D eigenvalue weighted by atomic mass is 35.5. The Morgan fingerprint density at radius 1 is 1.44 bits per heavy atom. The van der Waals surface area contributed by atoms with Crippen LogP contribution in [0, 0.1) is 28.9 Å². The van der Waals surface area contributed by atoms with Crippen LogP contribution in [-0.4, -0.2) is 24.1 Å². The lowest BCUT2D eigenvalue weighted by Crippen LogP contribution is -2.22. The zero-order valence-corrected chi connectivity index (χ0v) is 10.7. The van der Waals surface area contributed by atoms with Crippen molar-refractivity contribution < 1.29 is 4.92 Å². The Morgan fingerprint density at radius 2 is 2.11 bits per heavy atom. The van der Waals surface area contributed by atoms with Crippen LogP contribution in [0.4, 0.5) is 11.4 Å². The molecule has 0 radical (unpaired) electrons. The van der Waals surface area contributed by atoms with Crippen molar-refractivity contribution in [1.82, 2.24) is 5.32 Å². The Kier molecular flexibility index (Phi) is 2.68. The van der Waals surface area contributed by atoms with Crippen molar-refractivity contribution in [1.29, 1.82) is 0 Å². The summed E-state index contributed by atoms with van der Waals surface area (Å²) in [5.74, 6) is 1.20. The molecule has 0 aromatic heterocycles. The van der Waals surface area contributed by atoms with E-state index in [0.29, 0.717) is 28.6 Å². The van der Waals surface area contributed by atoms with Crippen LogP contribution in [0.3, 0.4) is 0 Å². The second-order valence-electron chi connectivity index (χ2n) is 4.98. The predicted octanol–water partition coefficient (Wildman–Crippen LogP) is 2.19. The van der Waals surface area contributed by atoms with Crippen LogP contribution in [-0.2, 0) is 0 Å². The molecule has 1 aliphatic heterocycles. The predicted molar refractivity (Wildman–Crippen MR) is 70.1 cm³/mol. The van der Waals surface area contributed by atoms with Crippen molar-refractivity contribution in [3.63, 3.8) is 0 Å². The number of nitrogens with one attached hydrogen (secondary N) is 2. The maximum absolute atomic E-state index is 11.0. The van der Waals surface area contributed by atoms with E-state index >= 15 is 0 Å². The molecule has 5 nitrogen and oxygen atoms in total. The zero-order chi connectivity index (χ0) is 12.9. The lowest BCUT2D eigenvalue weighted by Gasteiger charge is -2.13. The third-order valence-corrected chi connectivity index (χ3v) is 4.39. The summed E-state index contributed by atoms with van der Waals surface area (Å²) in [6, 6.07) is 3.39. The van der Waals surface area contributed by atoms with Gasteiger partial charge in [0.05, 0.1) is 4.92 Å². The van der Waals surface area contributed by atoms with Gasteiger partial charge in [0.15, 0.2) is 0 Å². The number of hydrogen-bond donors (Lipinski definition) is 2. The molecule has 2 unspecified atom stereocenters. The standard InChI is InChI=1S/C12H14ClN3O2/c1-6-9(13)2-3-10(16(17)18)11(6)15-12-7-4-14-5-8(7)12/h2-3,7-8,12,14-15H,4-5H2,1H3. The van der Waals surface area contributed by atoms with Crippen LogP contribution in [0.25, 0.3) is 0 Å². The number of nitrogens with zero attached hydrogens (tertiary/aromatic N) is 1. The summed E-state index contributed by atoms with van der Waals surface area (Å²) in [4.78, 5) is 10.7. The molecule has 2 atom stereocenters. The molecule has 96 valence electrons. The molecular formula is C12H14ClN3O2. The van der Waals surface area contributed by atoms with E-state index in [-0.39, 0.29) is 10.6 Å². The SMILES string of the molecule is Cc1c(Cl)ccc([N+](=O)[O-])c1NC1C2CNCC21. The van der Waals surface area contributed by atoms with Crippen molar-refractivity contribution in [2.75, 3.05) is 18.4 Å². The van der Waals surface area contributed by atoms with Crippen molar-refractivity contribution in [2.45, 2.75) is 13.0 Å². The van der Waals surface area contributed by atoms with Gasteiger partial charge in [-0.2, -0.15) is 0 Å². The lowest BCUT2D eigenvalue weighted by molar-refractivity contribution is -0.384. The molecule has 0 spiro atoms. The second-order valence-corrected chi connectivity index (χ2v) is 5.39. The van der Waals surface area contributed by atoms with Gasteiger partial charge >= 0.3 is 0 Å². The minimum Gasteiger partial charge on any atom is -0.376 e. The molecule has 6 heteroatoms. The minimum absolute atomic E-state index is 0.106. The number of halogens is 1. The van der Waals surface area contributed by atoms with E-state index in [2.05, 4.69) is 10.6 Å². The Bertz CT molecular complexity index is 510. The molecule has 18 heavy (non-hydrogen) atoms. The van der Waals surface area contributed by atoms with E-state index in [9.17, 15) is 10.1 Å². The Hall–Kier alpha value is -1.33. The third kappa shape index (κ3) is 1.74. The van der Waals surface area contributed by atoms with E-state index in [1.165, 1.54) is 6.07 Å². The van der Waals surface area contributed by atoms with Crippen LogP contribution < -0.4 is 10.6 Å². The zero-order valence-electron chi connectivity index (χ0n) is 9.94. The molecular weight excluding hydrogens is 254 g/mol. The molecule has 2 fully saturated rings. The lowest BCUT2D eigenvalue weighted by atomic mass is 10.1. The Morgan fingerprint density at radius 3 is 2.72 bits per heavy atom.